The number of benzene rings is 7. The summed E-state index contributed by atoms with van der Waals surface area (Å²) in [6, 6.07) is 49.1. The molecule has 0 spiro atoms. The largest absolute Gasteiger partial charge is 0.208 e. The topological polar surface area (TPSA) is 38.7 Å². The minimum atomic E-state index is 0.665. The first-order valence-electron chi connectivity index (χ1n) is 14.4. The zero-order valence-corrected chi connectivity index (χ0v) is 23.8. The lowest BCUT2D eigenvalue weighted by Gasteiger charge is -2.13. The Bertz CT molecular complexity index is 2510. The van der Waals surface area contributed by atoms with Crippen molar-refractivity contribution in [1.29, 1.82) is 0 Å². The van der Waals surface area contributed by atoms with Crippen molar-refractivity contribution in [1.82, 2.24) is 15.0 Å². The summed E-state index contributed by atoms with van der Waals surface area (Å²) in [4.78, 5) is 15.3. The zero-order chi connectivity index (χ0) is 28.3. The maximum atomic E-state index is 5.17. The fraction of sp³-hybridized carbons (Fsp3) is 0. The van der Waals surface area contributed by atoms with Gasteiger partial charge in [0.15, 0.2) is 17.5 Å². The summed E-state index contributed by atoms with van der Waals surface area (Å²) in [5.74, 6) is 2.00. The summed E-state index contributed by atoms with van der Waals surface area (Å²) in [5.41, 5.74) is 2.94. The number of hydrogen-bond donors (Lipinski definition) is 0. The van der Waals surface area contributed by atoms with Crippen molar-refractivity contribution >= 4 is 63.8 Å². The number of aromatic nitrogens is 3. The van der Waals surface area contributed by atoms with E-state index in [-0.39, 0.29) is 0 Å². The molecule has 0 saturated heterocycles. The standard InChI is InChI=1S/C39H23N3S/c1-2-11-25(12-3-1)37-40-38(28-19-18-24-10-4-5-13-26(24)22-28)42-39(41-37)33-23-27-14-6-7-15-29(27)35-31(33)20-21-32-30-16-8-9-17-34(30)43-36(32)35/h1-23H. The van der Waals surface area contributed by atoms with Crippen LogP contribution < -0.4 is 0 Å². The molecule has 0 atom stereocenters. The van der Waals surface area contributed by atoms with Crippen LogP contribution >= 0.6 is 11.3 Å². The van der Waals surface area contributed by atoms with Gasteiger partial charge < -0.3 is 0 Å². The molecule has 4 heteroatoms. The molecule has 3 nitrogen and oxygen atoms in total. The third kappa shape index (κ3) is 3.92. The second-order valence-electron chi connectivity index (χ2n) is 10.8. The third-order valence-corrected chi connectivity index (χ3v) is 9.49. The molecule has 9 aromatic rings. The van der Waals surface area contributed by atoms with Crippen LogP contribution in [0.5, 0.6) is 0 Å². The maximum Gasteiger partial charge on any atom is 0.164 e. The molecule has 0 unspecified atom stereocenters. The highest BCUT2D eigenvalue weighted by Gasteiger charge is 2.18. The summed E-state index contributed by atoms with van der Waals surface area (Å²) in [6.07, 6.45) is 0. The van der Waals surface area contributed by atoms with Crippen LogP contribution in [0.25, 0.3) is 86.7 Å². The summed E-state index contributed by atoms with van der Waals surface area (Å²) in [7, 11) is 0. The Labute approximate surface area is 251 Å². The molecule has 0 saturated carbocycles. The molecule has 0 bridgehead atoms. The van der Waals surface area contributed by atoms with Crippen LogP contribution in [0.15, 0.2) is 140 Å². The predicted molar refractivity (Wildman–Crippen MR) is 182 cm³/mol. The normalized spacial score (nSPS) is 11.7. The molecule has 0 aliphatic heterocycles. The van der Waals surface area contributed by atoms with E-state index in [0.717, 1.165) is 27.5 Å². The lowest BCUT2D eigenvalue weighted by Crippen LogP contribution is -2.00. The van der Waals surface area contributed by atoms with E-state index in [2.05, 4.69) is 121 Å². The van der Waals surface area contributed by atoms with Gasteiger partial charge in [-0.2, -0.15) is 0 Å². The average molecular weight is 566 g/mol. The Morgan fingerprint density at radius 2 is 1.05 bits per heavy atom. The molecular weight excluding hydrogens is 543 g/mol. The van der Waals surface area contributed by atoms with Gasteiger partial charge in [-0.1, -0.05) is 121 Å². The minimum absolute atomic E-state index is 0.665. The average Bonchev–Trinajstić information content (AvgIpc) is 3.47. The maximum absolute atomic E-state index is 5.17. The van der Waals surface area contributed by atoms with Gasteiger partial charge in [0.25, 0.3) is 0 Å². The second kappa shape index (κ2) is 9.55. The van der Waals surface area contributed by atoms with E-state index in [1.54, 1.807) is 0 Å². The van der Waals surface area contributed by atoms with Crippen molar-refractivity contribution in [3.05, 3.63) is 140 Å². The van der Waals surface area contributed by atoms with E-state index in [0.29, 0.717) is 17.5 Å². The zero-order valence-electron chi connectivity index (χ0n) is 23.0. The van der Waals surface area contributed by atoms with Crippen molar-refractivity contribution in [3.63, 3.8) is 0 Å². The van der Waals surface area contributed by atoms with Gasteiger partial charge in [0.1, 0.15) is 0 Å². The highest BCUT2D eigenvalue weighted by atomic mass is 32.1. The SMILES string of the molecule is c1ccc(-c2nc(-c3ccc4ccccc4c3)nc(-c3cc4ccccc4c4c3ccc3c5ccccc5sc34)n2)cc1. The number of nitrogens with zero attached hydrogens (tertiary/aromatic N) is 3. The molecule has 200 valence electrons. The highest BCUT2D eigenvalue weighted by Crippen LogP contribution is 2.44. The Morgan fingerprint density at radius 1 is 0.395 bits per heavy atom. The van der Waals surface area contributed by atoms with Gasteiger partial charge in [-0.25, -0.2) is 15.0 Å². The van der Waals surface area contributed by atoms with E-state index >= 15 is 0 Å². The van der Waals surface area contributed by atoms with Crippen LogP contribution in [0, 0.1) is 0 Å². The van der Waals surface area contributed by atoms with Crippen LogP contribution in [-0.4, -0.2) is 15.0 Å². The second-order valence-corrected chi connectivity index (χ2v) is 11.9. The molecule has 0 aliphatic carbocycles. The van der Waals surface area contributed by atoms with Crippen LogP contribution in [0.1, 0.15) is 0 Å². The fourth-order valence-electron chi connectivity index (χ4n) is 6.22. The van der Waals surface area contributed by atoms with Crippen molar-refractivity contribution in [2.24, 2.45) is 0 Å². The first-order chi connectivity index (χ1) is 21.3. The first-order valence-corrected chi connectivity index (χ1v) is 15.2. The summed E-state index contributed by atoms with van der Waals surface area (Å²) in [5, 5.41) is 9.74. The molecule has 0 amide bonds. The molecular formula is C39H23N3S. The van der Waals surface area contributed by atoms with Gasteiger partial charge in [-0.05, 0) is 45.1 Å². The molecule has 9 rings (SSSR count). The van der Waals surface area contributed by atoms with Crippen molar-refractivity contribution in [2.75, 3.05) is 0 Å². The molecule has 2 heterocycles. The lowest BCUT2D eigenvalue weighted by atomic mass is 9.95. The minimum Gasteiger partial charge on any atom is -0.208 e. The third-order valence-electron chi connectivity index (χ3n) is 8.28. The molecule has 0 aliphatic rings. The van der Waals surface area contributed by atoms with Gasteiger partial charge in [0, 0.05) is 42.2 Å². The van der Waals surface area contributed by atoms with Gasteiger partial charge in [-0.15, -0.1) is 11.3 Å². The van der Waals surface area contributed by atoms with Crippen molar-refractivity contribution in [3.8, 4) is 34.2 Å². The fourth-order valence-corrected chi connectivity index (χ4v) is 7.48. The van der Waals surface area contributed by atoms with Gasteiger partial charge >= 0.3 is 0 Å². The van der Waals surface area contributed by atoms with Crippen molar-refractivity contribution in [2.45, 2.75) is 0 Å². The van der Waals surface area contributed by atoms with Crippen molar-refractivity contribution < 1.29 is 0 Å². The Morgan fingerprint density at radius 3 is 1.91 bits per heavy atom. The van der Waals surface area contributed by atoms with Crippen LogP contribution in [0.3, 0.4) is 0 Å². The molecule has 2 aromatic heterocycles. The number of fused-ring (bicyclic) bond motifs is 8. The van der Waals surface area contributed by atoms with E-state index in [1.807, 2.05) is 29.5 Å². The summed E-state index contributed by atoms with van der Waals surface area (Å²) >= 11 is 1.86. The van der Waals surface area contributed by atoms with Gasteiger partial charge in [0.05, 0.1) is 0 Å². The number of thiophene rings is 1. The Hall–Kier alpha value is -5.45. The number of hydrogen-bond acceptors (Lipinski definition) is 4. The number of rotatable bonds is 3. The van der Waals surface area contributed by atoms with Crippen LogP contribution in [0.4, 0.5) is 0 Å². The van der Waals surface area contributed by atoms with E-state index in [4.69, 9.17) is 15.0 Å². The summed E-state index contributed by atoms with van der Waals surface area (Å²) < 4.78 is 2.59. The predicted octanol–water partition coefficient (Wildman–Crippen LogP) is 10.7. The monoisotopic (exact) mass is 565 g/mol. The summed E-state index contributed by atoms with van der Waals surface area (Å²) in [6.45, 7) is 0. The molecule has 43 heavy (non-hydrogen) atoms. The highest BCUT2D eigenvalue weighted by molar-refractivity contribution is 7.26. The van der Waals surface area contributed by atoms with Crippen LogP contribution in [0.2, 0.25) is 0 Å². The molecule has 0 N–H and O–H groups in total. The van der Waals surface area contributed by atoms with E-state index in [9.17, 15) is 0 Å². The molecule has 7 aromatic carbocycles. The van der Waals surface area contributed by atoms with Gasteiger partial charge in [0.2, 0.25) is 0 Å². The molecule has 0 radical (unpaired) electrons. The first kappa shape index (κ1) is 24.2. The van der Waals surface area contributed by atoms with E-state index in [1.165, 1.54) is 41.7 Å². The Balaban J connectivity index is 1.37. The lowest BCUT2D eigenvalue weighted by molar-refractivity contribution is 1.08. The van der Waals surface area contributed by atoms with E-state index < -0.39 is 0 Å². The quantitative estimate of drug-likeness (QED) is 0.200. The molecule has 0 fully saturated rings. The van der Waals surface area contributed by atoms with Crippen LogP contribution in [-0.2, 0) is 0 Å². The smallest absolute Gasteiger partial charge is 0.164 e. The Kier molecular flexibility index (Phi) is 5.37. The van der Waals surface area contributed by atoms with Gasteiger partial charge in [-0.3, -0.25) is 0 Å².